The minimum atomic E-state index is -2.98. The van der Waals surface area contributed by atoms with Crippen molar-refractivity contribution >= 4 is 49.7 Å². The van der Waals surface area contributed by atoms with Gasteiger partial charge in [-0.1, -0.05) is 41.3 Å². The van der Waals surface area contributed by atoms with Crippen LogP contribution < -0.4 is 10.6 Å². The summed E-state index contributed by atoms with van der Waals surface area (Å²) in [6.07, 6.45) is 0.489. The second-order valence-corrected chi connectivity index (χ2v) is 9.75. The van der Waals surface area contributed by atoms with Crippen molar-refractivity contribution in [1.82, 2.24) is 15.5 Å². The van der Waals surface area contributed by atoms with Gasteiger partial charge in [0.2, 0.25) is 11.0 Å². The zero-order valence-corrected chi connectivity index (χ0v) is 15.1. The first kappa shape index (κ1) is 17.2. The van der Waals surface area contributed by atoms with E-state index >= 15 is 0 Å². The van der Waals surface area contributed by atoms with E-state index in [1.54, 1.807) is 0 Å². The molecule has 2 aromatic rings. The number of hydrogen-bond donors (Lipinski definition) is 2. The fraction of sp³-hybridized carbons (Fsp3) is 0.357. The number of thioether (sulfide) groups is 1. The van der Waals surface area contributed by atoms with Gasteiger partial charge in [0.1, 0.15) is 0 Å². The van der Waals surface area contributed by atoms with Crippen molar-refractivity contribution in [3.05, 3.63) is 30.3 Å². The normalized spacial score (nSPS) is 19.1. The largest absolute Gasteiger partial charge is 0.352 e. The maximum atomic E-state index is 11.9. The molecule has 1 saturated heterocycles. The van der Waals surface area contributed by atoms with Crippen LogP contribution in [0.2, 0.25) is 0 Å². The number of aromatic nitrogens is 2. The van der Waals surface area contributed by atoms with E-state index in [9.17, 15) is 13.2 Å². The maximum Gasteiger partial charge on any atom is 0.230 e. The van der Waals surface area contributed by atoms with Crippen molar-refractivity contribution in [1.29, 1.82) is 0 Å². The van der Waals surface area contributed by atoms with Gasteiger partial charge in [0.15, 0.2) is 14.2 Å². The Kier molecular flexibility index (Phi) is 5.36. The molecule has 1 aliphatic rings. The van der Waals surface area contributed by atoms with Crippen molar-refractivity contribution < 1.29 is 13.2 Å². The van der Waals surface area contributed by atoms with Crippen molar-refractivity contribution in [2.24, 2.45) is 0 Å². The first-order valence-electron chi connectivity index (χ1n) is 7.28. The molecule has 0 bridgehead atoms. The molecule has 10 heteroatoms. The minimum Gasteiger partial charge on any atom is -0.352 e. The second-order valence-electron chi connectivity index (χ2n) is 5.32. The lowest BCUT2D eigenvalue weighted by atomic mass is 10.3. The monoisotopic (exact) mass is 384 g/mol. The van der Waals surface area contributed by atoms with Gasteiger partial charge in [0.25, 0.3) is 0 Å². The van der Waals surface area contributed by atoms with E-state index in [4.69, 9.17) is 0 Å². The van der Waals surface area contributed by atoms with Gasteiger partial charge in [0.05, 0.1) is 17.3 Å². The number of sulfone groups is 1. The molecule has 3 rings (SSSR count). The van der Waals surface area contributed by atoms with Crippen LogP contribution in [0.5, 0.6) is 0 Å². The zero-order chi connectivity index (χ0) is 17.0. The van der Waals surface area contributed by atoms with Gasteiger partial charge in [0, 0.05) is 11.7 Å². The molecule has 2 heterocycles. The molecule has 1 atom stereocenters. The topological polar surface area (TPSA) is 101 Å². The molecule has 1 aromatic heterocycles. The lowest BCUT2D eigenvalue weighted by molar-refractivity contribution is -0.119. The van der Waals surface area contributed by atoms with Crippen LogP contribution in [0.1, 0.15) is 6.42 Å². The van der Waals surface area contributed by atoms with Crippen LogP contribution >= 0.6 is 23.1 Å². The number of para-hydroxylation sites is 1. The van der Waals surface area contributed by atoms with Gasteiger partial charge in [-0.2, -0.15) is 0 Å². The van der Waals surface area contributed by atoms with E-state index in [0.717, 1.165) is 5.69 Å². The van der Waals surface area contributed by atoms with Crippen LogP contribution in [0.25, 0.3) is 0 Å². The highest BCUT2D eigenvalue weighted by Gasteiger charge is 2.28. The molecule has 0 saturated carbocycles. The van der Waals surface area contributed by atoms with E-state index in [0.29, 0.717) is 15.9 Å². The summed E-state index contributed by atoms with van der Waals surface area (Å²) < 4.78 is 23.4. The van der Waals surface area contributed by atoms with E-state index in [1.807, 2.05) is 30.3 Å². The quantitative estimate of drug-likeness (QED) is 0.731. The van der Waals surface area contributed by atoms with Gasteiger partial charge < -0.3 is 10.6 Å². The highest BCUT2D eigenvalue weighted by Crippen LogP contribution is 2.27. The van der Waals surface area contributed by atoms with Crippen molar-refractivity contribution in [3.8, 4) is 0 Å². The highest BCUT2D eigenvalue weighted by atomic mass is 32.2. The summed E-state index contributed by atoms with van der Waals surface area (Å²) in [5.74, 6) is 0.190. The van der Waals surface area contributed by atoms with Crippen LogP contribution in [-0.2, 0) is 14.6 Å². The van der Waals surface area contributed by atoms with Crippen LogP contribution in [0, 0.1) is 0 Å². The molecule has 0 radical (unpaired) electrons. The van der Waals surface area contributed by atoms with Crippen molar-refractivity contribution in [2.75, 3.05) is 22.6 Å². The number of carbonyl (C=O) groups is 1. The molecule has 1 aromatic carbocycles. The van der Waals surface area contributed by atoms with E-state index in [-0.39, 0.29) is 29.2 Å². The Labute approximate surface area is 148 Å². The van der Waals surface area contributed by atoms with Crippen LogP contribution in [0.4, 0.5) is 10.8 Å². The average molecular weight is 385 g/mol. The van der Waals surface area contributed by atoms with Gasteiger partial charge >= 0.3 is 0 Å². The predicted molar refractivity (Wildman–Crippen MR) is 95.6 cm³/mol. The summed E-state index contributed by atoms with van der Waals surface area (Å²) in [6, 6.07) is 9.36. The third-order valence-corrected chi connectivity index (χ3v) is 7.10. The third-order valence-electron chi connectivity index (χ3n) is 3.36. The SMILES string of the molecule is O=C(CSc1nnc(Nc2ccccc2)s1)N[C@H]1CCS(=O)(=O)C1. The van der Waals surface area contributed by atoms with E-state index < -0.39 is 9.84 Å². The smallest absolute Gasteiger partial charge is 0.230 e. The number of carbonyl (C=O) groups excluding carboxylic acids is 1. The lowest BCUT2D eigenvalue weighted by Gasteiger charge is -2.09. The number of nitrogens with one attached hydrogen (secondary N) is 2. The summed E-state index contributed by atoms with van der Waals surface area (Å²) in [5.41, 5.74) is 0.922. The fourth-order valence-electron chi connectivity index (χ4n) is 2.27. The molecule has 7 nitrogen and oxygen atoms in total. The molecular formula is C14H16N4O3S3. The molecule has 1 amide bonds. The van der Waals surface area contributed by atoms with Crippen molar-refractivity contribution in [3.63, 3.8) is 0 Å². The molecule has 0 aliphatic carbocycles. The summed E-state index contributed by atoms with van der Waals surface area (Å²) in [7, 11) is -2.98. The third kappa shape index (κ3) is 4.92. The number of nitrogens with zero attached hydrogens (tertiary/aromatic N) is 2. The number of hydrogen-bond acceptors (Lipinski definition) is 8. The van der Waals surface area contributed by atoms with E-state index in [1.165, 1.54) is 23.1 Å². The summed E-state index contributed by atoms with van der Waals surface area (Å²) in [5, 5.41) is 14.6. The van der Waals surface area contributed by atoms with Gasteiger partial charge in [-0.05, 0) is 18.6 Å². The second kappa shape index (κ2) is 7.49. The molecule has 2 N–H and O–H groups in total. The van der Waals surface area contributed by atoms with Crippen LogP contribution in [0.3, 0.4) is 0 Å². The van der Waals surface area contributed by atoms with Gasteiger partial charge in [-0.3, -0.25) is 4.79 Å². The molecule has 24 heavy (non-hydrogen) atoms. The van der Waals surface area contributed by atoms with Crippen LogP contribution in [-0.4, -0.2) is 47.8 Å². The van der Waals surface area contributed by atoms with Crippen molar-refractivity contribution in [2.45, 2.75) is 16.8 Å². The minimum absolute atomic E-state index is 0.0351. The summed E-state index contributed by atoms with van der Waals surface area (Å²) >= 11 is 2.65. The first-order valence-corrected chi connectivity index (χ1v) is 10.9. The molecule has 1 fully saturated rings. The Hall–Kier alpha value is -1.65. The Morgan fingerprint density at radius 3 is 2.79 bits per heavy atom. The van der Waals surface area contributed by atoms with Gasteiger partial charge in [-0.25, -0.2) is 8.42 Å². The molecule has 1 aliphatic heterocycles. The molecule has 0 spiro atoms. The number of rotatable bonds is 6. The first-order chi connectivity index (χ1) is 11.5. The summed E-state index contributed by atoms with van der Waals surface area (Å²) in [6.45, 7) is 0. The van der Waals surface area contributed by atoms with Crippen LogP contribution in [0.15, 0.2) is 34.7 Å². The Morgan fingerprint density at radius 2 is 2.08 bits per heavy atom. The number of benzene rings is 1. The molecule has 0 unspecified atom stereocenters. The Bertz CT molecular complexity index is 808. The number of amides is 1. The van der Waals surface area contributed by atoms with E-state index in [2.05, 4.69) is 20.8 Å². The Morgan fingerprint density at radius 1 is 1.29 bits per heavy atom. The Balaban J connectivity index is 1.46. The lowest BCUT2D eigenvalue weighted by Crippen LogP contribution is -2.36. The van der Waals surface area contributed by atoms with Gasteiger partial charge in [-0.15, -0.1) is 10.2 Å². The molecule has 128 valence electrons. The predicted octanol–water partition coefficient (Wildman–Crippen LogP) is 1.68. The average Bonchev–Trinajstić information content (AvgIpc) is 3.12. The summed E-state index contributed by atoms with van der Waals surface area (Å²) in [4.78, 5) is 11.9. The number of anilines is 2. The standard InChI is InChI=1S/C14H16N4O3S3/c19-12(15-11-6-7-24(20,21)9-11)8-22-14-18-17-13(23-14)16-10-4-2-1-3-5-10/h1-5,11H,6-9H2,(H,15,19)(H,16,17)/t11-/m0/s1. The maximum absolute atomic E-state index is 11.9. The highest BCUT2D eigenvalue weighted by molar-refractivity contribution is 8.01. The zero-order valence-electron chi connectivity index (χ0n) is 12.6. The fourth-order valence-corrected chi connectivity index (χ4v) is 5.53. The molecular weight excluding hydrogens is 368 g/mol.